The number of imidazole rings is 1. The molecule has 0 bridgehead atoms. The summed E-state index contributed by atoms with van der Waals surface area (Å²) in [4.78, 5) is 23.1. The van der Waals surface area contributed by atoms with Crippen LogP contribution in [0.4, 0.5) is 0 Å². The van der Waals surface area contributed by atoms with Gasteiger partial charge in [-0.2, -0.15) is 5.10 Å². The van der Waals surface area contributed by atoms with Crippen molar-refractivity contribution in [3.05, 3.63) is 54.2 Å². The number of likely N-dealkylation sites (tertiary alicyclic amines) is 1. The maximum absolute atomic E-state index is 11.5. The lowest BCUT2D eigenvalue weighted by Gasteiger charge is -2.16. The number of fused-ring (bicyclic) bond motifs is 2. The molecule has 5 rings (SSSR count). The van der Waals surface area contributed by atoms with Gasteiger partial charge in [0.1, 0.15) is 0 Å². The van der Waals surface area contributed by atoms with Crippen molar-refractivity contribution in [2.75, 3.05) is 13.6 Å². The molecular formula is C19H19N7O. The number of nitrogens with two attached hydrogens (primary N) is 1. The smallest absolute Gasteiger partial charge is 0.248 e. The molecule has 1 saturated heterocycles. The third-order valence-corrected chi connectivity index (χ3v) is 5.28. The van der Waals surface area contributed by atoms with Gasteiger partial charge in [-0.3, -0.25) is 9.69 Å². The third-order valence-electron chi connectivity index (χ3n) is 5.28. The number of hydrogen-bond acceptors (Lipinski definition) is 5. The van der Waals surface area contributed by atoms with E-state index in [1.54, 1.807) is 29.2 Å². The molecule has 0 spiro atoms. The number of aromatic nitrogens is 5. The van der Waals surface area contributed by atoms with Crippen molar-refractivity contribution in [3.8, 4) is 5.82 Å². The van der Waals surface area contributed by atoms with Crippen molar-refractivity contribution in [2.45, 2.75) is 18.9 Å². The van der Waals surface area contributed by atoms with E-state index in [4.69, 9.17) is 10.7 Å². The van der Waals surface area contributed by atoms with E-state index in [2.05, 4.69) is 28.2 Å². The van der Waals surface area contributed by atoms with E-state index in [1.807, 2.05) is 16.7 Å². The average Bonchev–Trinajstić information content (AvgIpc) is 3.37. The molecule has 1 aliphatic heterocycles. The summed E-state index contributed by atoms with van der Waals surface area (Å²) in [6, 6.07) is 5.64. The third kappa shape index (κ3) is 2.57. The summed E-state index contributed by atoms with van der Waals surface area (Å²) >= 11 is 0. The highest BCUT2D eigenvalue weighted by atomic mass is 16.1. The van der Waals surface area contributed by atoms with Crippen LogP contribution < -0.4 is 5.73 Å². The molecule has 1 amide bonds. The van der Waals surface area contributed by atoms with Crippen LogP contribution in [0.3, 0.4) is 0 Å². The van der Waals surface area contributed by atoms with Gasteiger partial charge in [0.15, 0.2) is 11.5 Å². The van der Waals surface area contributed by atoms with Gasteiger partial charge in [-0.15, -0.1) is 0 Å². The van der Waals surface area contributed by atoms with Gasteiger partial charge in [0.2, 0.25) is 5.91 Å². The molecule has 0 saturated carbocycles. The van der Waals surface area contributed by atoms with Crippen LogP contribution in [0.1, 0.15) is 34.9 Å². The van der Waals surface area contributed by atoms with Gasteiger partial charge in [0.25, 0.3) is 0 Å². The predicted molar refractivity (Wildman–Crippen MR) is 101 cm³/mol. The zero-order chi connectivity index (χ0) is 18.5. The Morgan fingerprint density at radius 1 is 1.26 bits per heavy atom. The molecule has 3 aromatic heterocycles. The largest absolute Gasteiger partial charge is 0.366 e. The molecule has 1 atom stereocenters. The van der Waals surface area contributed by atoms with Crippen molar-refractivity contribution in [2.24, 2.45) is 5.73 Å². The lowest BCUT2D eigenvalue weighted by Crippen LogP contribution is -2.17. The summed E-state index contributed by atoms with van der Waals surface area (Å²) in [6.45, 7) is 1.10. The van der Waals surface area contributed by atoms with Gasteiger partial charge >= 0.3 is 0 Å². The Kier molecular flexibility index (Phi) is 3.48. The van der Waals surface area contributed by atoms with E-state index in [-0.39, 0.29) is 0 Å². The molecule has 0 aliphatic carbocycles. The fourth-order valence-corrected chi connectivity index (χ4v) is 3.82. The molecular weight excluding hydrogens is 342 g/mol. The fourth-order valence-electron chi connectivity index (χ4n) is 3.82. The van der Waals surface area contributed by atoms with E-state index in [0.717, 1.165) is 35.2 Å². The fraction of sp³-hybridized carbons (Fsp3) is 0.263. The number of hydrogen-bond donors (Lipinski definition) is 1. The Morgan fingerprint density at radius 3 is 2.93 bits per heavy atom. The van der Waals surface area contributed by atoms with Crippen molar-refractivity contribution in [1.29, 1.82) is 0 Å². The second kappa shape index (κ2) is 5.88. The number of carbonyl (C=O) groups excluding carboxylic acids is 1. The van der Waals surface area contributed by atoms with Crippen LogP contribution >= 0.6 is 0 Å². The summed E-state index contributed by atoms with van der Waals surface area (Å²) < 4.78 is 3.69. The summed E-state index contributed by atoms with van der Waals surface area (Å²) in [5, 5.41) is 5.35. The van der Waals surface area contributed by atoms with Gasteiger partial charge in [0, 0.05) is 17.1 Å². The highest BCUT2D eigenvalue weighted by molar-refractivity contribution is 5.97. The minimum atomic E-state index is -0.465. The molecule has 2 N–H and O–H groups in total. The first kappa shape index (κ1) is 16.0. The lowest BCUT2D eigenvalue weighted by molar-refractivity contribution is 0.100. The summed E-state index contributed by atoms with van der Waals surface area (Å²) in [7, 11) is 2.14. The second-order valence-corrected chi connectivity index (χ2v) is 7.01. The summed E-state index contributed by atoms with van der Waals surface area (Å²) in [5.41, 5.74) is 8.51. The molecule has 8 nitrogen and oxygen atoms in total. The molecule has 136 valence electrons. The average molecular weight is 361 g/mol. The Hall–Kier alpha value is -3.26. The van der Waals surface area contributed by atoms with E-state index < -0.39 is 5.91 Å². The summed E-state index contributed by atoms with van der Waals surface area (Å²) in [6.07, 6.45) is 9.79. The van der Waals surface area contributed by atoms with Crippen LogP contribution in [0.25, 0.3) is 22.4 Å². The molecule has 4 heterocycles. The van der Waals surface area contributed by atoms with Crippen molar-refractivity contribution in [3.63, 3.8) is 0 Å². The zero-order valence-corrected chi connectivity index (χ0v) is 14.9. The topological polar surface area (TPSA) is 94.3 Å². The van der Waals surface area contributed by atoms with Gasteiger partial charge < -0.3 is 10.1 Å². The Labute approximate surface area is 155 Å². The van der Waals surface area contributed by atoms with Crippen molar-refractivity contribution >= 4 is 22.5 Å². The van der Waals surface area contributed by atoms with Crippen LogP contribution in [0.15, 0.2) is 43.0 Å². The van der Waals surface area contributed by atoms with Crippen molar-refractivity contribution in [1.82, 2.24) is 29.0 Å². The van der Waals surface area contributed by atoms with Crippen LogP contribution in [-0.4, -0.2) is 48.5 Å². The number of benzene rings is 1. The molecule has 27 heavy (non-hydrogen) atoms. The Balaban J connectivity index is 1.60. The van der Waals surface area contributed by atoms with E-state index in [0.29, 0.717) is 17.4 Å². The quantitative estimate of drug-likeness (QED) is 0.602. The molecule has 1 aromatic carbocycles. The molecule has 1 fully saturated rings. The van der Waals surface area contributed by atoms with E-state index in [9.17, 15) is 4.79 Å². The maximum Gasteiger partial charge on any atom is 0.248 e. The molecule has 0 unspecified atom stereocenters. The van der Waals surface area contributed by atoms with Gasteiger partial charge in [-0.25, -0.2) is 14.6 Å². The van der Waals surface area contributed by atoms with Crippen LogP contribution in [0, 0.1) is 0 Å². The Bertz CT molecular complexity index is 1180. The highest BCUT2D eigenvalue weighted by Gasteiger charge is 2.25. The van der Waals surface area contributed by atoms with E-state index >= 15 is 0 Å². The second-order valence-electron chi connectivity index (χ2n) is 7.01. The number of rotatable bonds is 3. The van der Waals surface area contributed by atoms with Gasteiger partial charge in [-0.1, -0.05) is 6.07 Å². The standard InChI is InChI=1S/C19H19N7O/c1-24-6-2-3-15(24)14-10-25-11-18(21-9-17(25)23-14)26-16-7-12(19(20)27)4-5-13(16)8-22-26/h4-5,7-11,15H,2-3,6H2,1H3,(H2,20,27)/t15-/m1/s1. The first-order valence-electron chi connectivity index (χ1n) is 8.93. The Morgan fingerprint density at radius 2 is 2.15 bits per heavy atom. The lowest BCUT2D eigenvalue weighted by atomic mass is 10.1. The van der Waals surface area contributed by atoms with Crippen molar-refractivity contribution < 1.29 is 4.79 Å². The van der Waals surface area contributed by atoms with Crippen LogP contribution in [0.5, 0.6) is 0 Å². The molecule has 4 aromatic rings. The SMILES string of the molecule is CN1CCC[C@@H]1c1cn2cc(-n3ncc4ccc(C(N)=O)cc43)ncc2n1. The predicted octanol–water partition coefficient (Wildman–Crippen LogP) is 1.93. The van der Waals surface area contributed by atoms with Crippen LogP contribution in [0.2, 0.25) is 0 Å². The van der Waals surface area contributed by atoms with E-state index in [1.165, 1.54) is 6.42 Å². The van der Waals surface area contributed by atoms with Crippen LogP contribution in [-0.2, 0) is 0 Å². The van der Waals surface area contributed by atoms with Gasteiger partial charge in [-0.05, 0) is 38.6 Å². The number of carbonyl (C=O) groups is 1. The number of primary amides is 1. The number of amides is 1. The number of nitrogens with zero attached hydrogens (tertiary/aromatic N) is 6. The normalized spacial score (nSPS) is 17.9. The minimum Gasteiger partial charge on any atom is -0.366 e. The first-order valence-corrected chi connectivity index (χ1v) is 8.93. The maximum atomic E-state index is 11.5. The minimum absolute atomic E-state index is 0.358. The summed E-state index contributed by atoms with van der Waals surface area (Å²) in [5.74, 6) is 0.191. The molecule has 8 heteroatoms. The first-order chi connectivity index (χ1) is 13.1. The molecule has 1 aliphatic rings. The monoisotopic (exact) mass is 361 g/mol. The van der Waals surface area contributed by atoms with Gasteiger partial charge in [0.05, 0.1) is 35.8 Å². The molecule has 0 radical (unpaired) electrons. The zero-order valence-electron chi connectivity index (χ0n) is 14.9. The highest BCUT2D eigenvalue weighted by Crippen LogP contribution is 2.29.